The largest absolute Gasteiger partial charge is 0.390 e. The van der Waals surface area contributed by atoms with Crippen LogP contribution in [-0.2, 0) is 4.74 Å². The smallest absolute Gasteiger partial charge is 0.116 e. The Morgan fingerprint density at radius 2 is 2.33 bits per heavy atom. The van der Waals surface area contributed by atoms with Gasteiger partial charge >= 0.3 is 0 Å². The highest BCUT2D eigenvalue weighted by atomic mass is 32.2. The van der Waals surface area contributed by atoms with E-state index in [1.54, 1.807) is 6.20 Å². The molecule has 5 heteroatoms. The summed E-state index contributed by atoms with van der Waals surface area (Å²) < 4.78 is 5.30. The molecule has 0 aliphatic carbocycles. The Hall–Kier alpha value is -0.650. The Balaban J connectivity index is 2.19. The summed E-state index contributed by atoms with van der Waals surface area (Å²) in [5.41, 5.74) is 0. The van der Waals surface area contributed by atoms with E-state index in [1.165, 1.54) is 18.1 Å². The molecule has 0 saturated carbocycles. The molecular formula is C10H16N2O2S. The van der Waals surface area contributed by atoms with Gasteiger partial charge in [0.05, 0.1) is 23.8 Å². The first-order valence-corrected chi connectivity index (χ1v) is 5.85. The summed E-state index contributed by atoms with van der Waals surface area (Å²) in [4.78, 5) is 7.87. The van der Waals surface area contributed by atoms with E-state index in [-0.39, 0.29) is 6.10 Å². The molecule has 0 aliphatic heterocycles. The van der Waals surface area contributed by atoms with Crippen LogP contribution in [0.4, 0.5) is 0 Å². The van der Waals surface area contributed by atoms with Crippen molar-refractivity contribution in [1.82, 2.24) is 9.97 Å². The molecule has 0 spiro atoms. The molecule has 4 nitrogen and oxygen atoms in total. The second-order valence-electron chi connectivity index (χ2n) is 3.39. The van der Waals surface area contributed by atoms with E-state index in [0.29, 0.717) is 12.4 Å². The van der Waals surface area contributed by atoms with E-state index in [9.17, 15) is 5.11 Å². The third kappa shape index (κ3) is 5.71. The lowest BCUT2D eigenvalue weighted by molar-refractivity contribution is 0.0152. The summed E-state index contributed by atoms with van der Waals surface area (Å²) in [7, 11) is 0. The van der Waals surface area contributed by atoms with Crippen LogP contribution < -0.4 is 0 Å². The van der Waals surface area contributed by atoms with Gasteiger partial charge in [-0.15, -0.1) is 11.8 Å². The van der Waals surface area contributed by atoms with Gasteiger partial charge in [-0.25, -0.2) is 9.97 Å². The van der Waals surface area contributed by atoms with Gasteiger partial charge in [-0.3, -0.25) is 0 Å². The lowest BCUT2D eigenvalue weighted by Crippen LogP contribution is -2.20. The van der Waals surface area contributed by atoms with Gasteiger partial charge in [0.2, 0.25) is 0 Å². The third-order valence-electron chi connectivity index (χ3n) is 1.60. The van der Waals surface area contributed by atoms with Crippen molar-refractivity contribution in [3.8, 4) is 0 Å². The summed E-state index contributed by atoms with van der Waals surface area (Å²) in [5, 5.41) is 10.4. The number of nitrogens with zero attached hydrogens (tertiary/aromatic N) is 2. The Labute approximate surface area is 94.1 Å². The van der Waals surface area contributed by atoms with Gasteiger partial charge < -0.3 is 9.84 Å². The molecule has 1 atom stereocenters. The number of ether oxygens (including phenoxy) is 1. The fraction of sp³-hybridized carbons (Fsp3) is 0.600. The molecule has 1 N–H and O–H groups in total. The fourth-order valence-corrected chi connectivity index (χ4v) is 1.64. The number of rotatable bonds is 6. The number of hydrogen-bond acceptors (Lipinski definition) is 5. The van der Waals surface area contributed by atoms with Crippen molar-refractivity contribution in [2.24, 2.45) is 0 Å². The fourth-order valence-electron chi connectivity index (χ4n) is 0.897. The molecule has 15 heavy (non-hydrogen) atoms. The molecule has 1 aromatic heterocycles. The van der Waals surface area contributed by atoms with Crippen molar-refractivity contribution in [1.29, 1.82) is 0 Å². The summed E-state index contributed by atoms with van der Waals surface area (Å²) in [6.07, 6.45) is 2.89. The summed E-state index contributed by atoms with van der Waals surface area (Å²) in [5.74, 6) is 0.587. The molecule has 0 bridgehead atoms. The molecular weight excluding hydrogens is 212 g/mol. The Morgan fingerprint density at radius 3 is 2.93 bits per heavy atom. The molecule has 1 unspecified atom stereocenters. The zero-order chi connectivity index (χ0) is 11.1. The van der Waals surface area contributed by atoms with Crippen molar-refractivity contribution < 1.29 is 9.84 Å². The van der Waals surface area contributed by atoms with Crippen LogP contribution in [0.1, 0.15) is 13.8 Å². The van der Waals surface area contributed by atoms with Crippen molar-refractivity contribution in [3.05, 3.63) is 18.6 Å². The molecule has 84 valence electrons. The number of hydrogen-bond donors (Lipinski definition) is 1. The average molecular weight is 228 g/mol. The first-order chi connectivity index (χ1) is 7.18. The van der Waals surface area contributed by atoms with E-state index in [4.69, 9.17) is 4.74 Å². The minimum atomic E-state index is -0.452. The van der Waals surface area contributed by atoms with Crippen LogP contribution in [0.25, 0.3) is 0 Å². The minimum Gasteiger partial charge on any atom is -0.390 e. The maximum absolute atomic E-state index is 9.57. The molecule has 0 aliphatic rings. The summed E-state index contributed by atoms with van der Waals surface area (Å²) in [6.45, 7) is 4.27. The molecule has 0 saturated heterocycles. The van der Waals surface area contributed by atoms with Crippen LogP contribution in [0.15, 0.2) is 23.6 Å². The van der Waals surface area contributed by atoms with Gasteiger partial charge in [0.25, 0.3) is 0 Å². The lowest BCUT2D eigenvalue weighted by atomic mass is 10.4. The Bertz CT molecular complexity index is 269. The van der Waals surface area contributed by atoms with Crippen molar-refractivity contribution in [2.75, 3.05) is 12.4 Å². The van der Waals surface area contributed by atoms with Gasteiger partial charge in [-0.2, -0.15) is 0 Å². The van der Waals surface area contributed by atoms with Gasteiger partial charge in [-0.05, 0) is 19.9 Å². The first-order valence-electron chi connectivity index (χ1n) is 4.87. The highest BCUT2D eigenvalue weighted by molar-refractivity contribution is 7.99. The monoisotopic (exact) mass is 228 g/mol. The topological polar surface area (TPSA) is 55.2 Å². The summed E-state index contributed by atoms with van der Waals surface area (Å²) in [6, 6.07) is 1.82. The molecule has 1 aromatic rings. The highest BCUT2D eigenvalue weighted by Gasteiger charge is 2.06. The number of thioether (sulfide) groups is 1. The van der Waals surface area contributed by atoms with E-state index in [1.807, 2.05) is 19.9 Å². The summed E-state index contributed by atoms with van der Waals surface area (Å²) >= 11 is 1.50. The highest BCUT2D eigenvalue weighted by Crippen LogP contribution is 2.14. The van der Waals surface area contributed by atoms with Crippen LogP contribution in [0.3, 0.4) is 0 Å². The molecule has 0 amide bonds. The average Bonchev–Trinajstić information content (AvgIpc) is 2.25. The van der Waals surface area contributed by atoms with Gasteiger partial charge in [0.15, 0.2) is 0 Å². The molecule has 0 radical (unpaired) electrons. The zero-order valence-corrected chi connectivity index (χ0v) is 9.78. The molecule has 0 fully saturated rings. The van der Waals surface area contributed by atoms with Crippen molar-refractivity contribution in [2.45, 2.75) is 31.1 Å². The molecule has 0 aromatic carbocycles. The lowest BCUT2D eigenvalue weighted by Gasteiger charge is -2.12. The molecule has 1 heterocycles. The maximum Gasteiger partial charge on any atom is 0.116 e. The maximum atomic E-state index is 9.57. The first kappa shape index (κ1) is 12.4. The zero-order valence-electron chi connectivity index (χ0n) is 8.96. The second-order valence-corrected chi connectivity index (χ2v) is 4.43. The van der Waals surface area contributed by atoms with Gasteiger partial charge in [0, 0.05) is 11.9 Å². The number of aliphatic hydroxyl groups is 1. The van der Waals surface area contributed by atoms with Gasteiger partial charge in [-0.1, -0.05) is 0 Å². The standard InChI is InChI=1S/C10H16N2O2S/c1-8(2)14-5-9(13)6-15-10-3-4-11-7-12-10/h3-4,7-9,13H,5-6H2,1-2H3. The predicted molar refractivity (Wildman–Crippen MR) is 59.9 cm³/mol. The minimum absolute atomic E-state index is 0.156. The quantitative estimate of drug-likeness (QED) is 0.588. The van der Waals surface area contributed by atoms with Crippen LogP contribution in [-0.4, -0.2) is 39.6 Å². The van der Waals surface area contributed by atoms with E-state index in [0.717, 1.165) is 5.03 Å². The van der Waals surface area contributed by atoms with Crippen molar-refractivity contribution >= 4 is 11.8 Å². The van der Waals surface area contributed by atoms with Crippen LogP contribution >= 0.6 is 11.8 Å². The third-order valence-corrected chi connectivity index (χ3v) is 2.69. The van der Waals surface area contributed by atoms with Crippen LogP contribution in [0, 0.1) is 0 Å². The normalized spacial score (nSPS) is 13.1. The Kier molecular flexibility index (Phi) is 5.60. The molecule has 1 rings (SSSR count). The Morgan fingerprint density at radius 1 is 1.53 bits per heavy atom. The number of aliphatic hydroxyl groups excluding tert-OH is 1. The second kappa shape index (κ2) is 6.76. The van der Waals surface area contributed by atoms with Crippen molar-refractivity contribution in [3.63, 3.8) is 0 Å². The van der Waals surface area contributed by atoms with E-state index >= 15 is 0 Å². The number of aromatic nitrogens is 2. The van der Waals surface area contributed by atoms with E-state index < -0.39 is 6.10 Å². The SMILES string of the molecule is CC(C)OCC(O)CSc1ccncn1. The van der Waals surface area contributed by atoms with Crippen LogP contribution in [0.5, 0.6) is 0 Å². The predicted octanol–water partition coefficient (Wildman–Crippen LogP) is 1.35. The van der Waals surface area contributed by atoms with E-state index in [2.05, 4.69) is 9.97 Å². The van der Waals surface area contributed by atoms with Gasteiger partial charge in [0.1, 0.15) is 6.33 Å². The van der Waals surface area contributed by atoms with Crippen LogP contribution in [0.2, 0.25) is 0 Å².